The van der Waals surface area contributed by atoms with Crippen LogP contribution in [0, 0.1) is 0 Å². The van der Waals surface area contributed by atoms with Crippen LogP contribution in [0.1, 0.15) is 23.6 Å². The molecule has 0 atom stereocenters. The molecule has 0 bridgehead atoms. The lowest BCUT2D eigenvalue weighted by Gasteiger charge is -1.97. The Morgan fingerprint density at radius 3 is 2.43 bits per heavy atom. The Balaban J connectivity index is 1.89. The molecule has 0 N–H and O–H groups in total. The van der Waals surface area contributed by atoms with Gasteiger partial charge in [-0.1, -0.05) is 49.4 Å². The van der Waals surface area contributed by atoms with E-state index in [4.69, 9.17) is 4.74 Å². The fraction of sp³-hybridized carbons (Fsp3) is 0.111. The molecule has 2 aromatic carbocycles. The molecule has 0 amide bonds. The van der Waals surface area contributed by atoms with Crippen LogP contribution in [0.3, 0.4) is 0 Å². The summed E-state index contributed by atoms with van der Waals surface area (Å²) >= 11 is 0. The van der Waals surface area contributed by atoms with Crippen LogP contribution >= 0.6 is 0 Å². The van der Waals surface area contributed by atoms with Crippen LogP contribution < -0.4 is 0 Å². The molecule has 0 unspecified atom stereocenters. The molecule has 0 spiro atoms. The zero-order valence-electron chi connectivity index (χ0n) is 11.7. The lowest BCUT2D eigenvalue weighted by Crippen LogP contribution is -2.04. The van der Waals surface area contributed by atoms with Crippen molar-refractivity contribution >= 4 is 17.9 Å². The van der Waals surface area contributed by atoms with Gasteiger partial charge in [0.15, 0.2) is 5.70 Å². The van der Waals surface area contributed by atoms with Crippen LogP contribution in [0.15, 0.2) is 65.3 Å². The van der Waals surface area contributed by atoms with Crippen molar-refractivity contribution in [3.8, 4) is 0 Å². The van der Waals surface area contributed by atoms with Gasteiger partial charge in [-0.2, -0.15) is 0 Å². The highest BCUT2D eigenvalue weighted by Gasteiger charge is 2.23. The van der Waals surface area contributed by atoms with Crippen molar-refractivity contribution in [1.29, 1.82) is 0 Å². The summed E-state index contributed by atoms with van der Waals surface area (Å²) in [6.07, 6.45) is 2.74. The largest absolute Gasteiger partial charge is 0.402 e. The summed E-state index contributed by atoms with van der Waals surface area (Å²) in [6, 6.07) is 17.5. The minimum absolute atomic E-state index is 0.332. The van der Waals surface area contributed by atoms with E-state index < -0.39 is 5.97 Å². The topological polar surface area (TPSA) is 38.7 Å². The van der Waals surface area contributed by atoms with Crippen LogP contribution in [0.2, 0.25) is 0 Å². The number of aliphatic imine (C=N–C) groups is 1. The molecule has 0 aliphatic carbocycles. The van der Waals surface area contributed by atoms with Gasteiger partial charge in [0.2, 0.25) is 5.90 Å². The summed E-state index contributed by atoms with van der Waals surface area (Å²) in [4.78, 5) is 16.2. The second kappa shape index (κ2) is 5.75. The third kappa shape index (κ3) is 2.92. The van der Waals surface area contributed by atoms with E-state index in [0.717, 1.165) is 17.5 Å². The van der Waals surface area contributed by atoms with E-state index in [1.165, 1.54) is 5.56 Å². The summed E-state index contributed by atoms with van der Waals surface area (Å²) in [5.74, 6) is -0.0505. The van der Waals surface area contributed by atoms with Gasteiger partial charge in [-0.15, -0.1) is 0 Å². The van der Waals surface area contributed by atoms with Crippen LogP contribution in [0.25, 0.3) is 6.08 Å². The number of hydrogen-bond acceptors (Lipinski definition) is 3. The van der Waals surface area contributed by atoms with Gasteiger partial charge < -0.3 is 4.74 Å². The van der Waals surface area contributed by atoms with Crippen LogP contribution in [-0.4, -0.2) is 11.9 Å². The lowest BCUT2D eigenvalue weighted by atomic mass is 10.1. The molecule has 0 fully saturated rings. The fourth-order valence-corrected chi connectivity index (χ4v) is 2.12. The molecule has 0 saturated carbocycles. The Morgan fingerprint density at radius 1 is 1.05 bits per heavy atom. The number of carbonyl (C=O) groups excluding carboxylic acids is 1. The number of esters is 1. The normalized spacial score (nSPS) is 16.0. The van der Waals surface area contributed by atoms with Crippen molar-refractivity contribution in [2.24, 2.45) is 4.99 Å². The van der Waals surface area contributed by atoms with Gasteiger partial charge in [0.05, 0.1) is 0 Å². The highest BCUT2D eigenvalue weighted by molar-refractivity contribution is 6.12. The number of carbonyl (C=O) groups is 1. The number of benzene rings is 2. The number of nitrogens with zero attached hydrogens (tertiary/aromatic N) is 1. The number of rotatable bonds is 3. The molecule has 0 saturated heterocycles. The molecule has 21 heavy (non-hydrogen) atoms. The molecule has 1 heterocycles. The molecule has 0 aromatic heterocycles. The molecule has 3 rings (SSSR count). The first-order valence-corrected chi connectivity index (χ1v) is 6.93. The van der Waals surface area contributed by atoms with Gasteiger partial charge in [-0.05, 0) is 35.8 Å². The predicted molar refractivity (Wildman–Crippen MR) is 82.9 cm³/mol. The van der Waals surface area contributed by atoms with Crippen molar-refractivity contribution < 1.29 is 9.53 Å². The second-order valence-corrected chi connectivity index (χ2v) is 4.80. The van der Waals surface area contributed by atoms with Gasteiger partial charge in [-0.25, -0.2) is 9.79 Å². The highest BCUT2D eigenvalue weighted by atomic mass is 16.6. The molecule has 3 heteroatoms. The zero-order valence-corrected chi connectivity index (χ0v) is 11.7. The molecule has 1 aliphatic rings. The summed E-state index contributed by atoms with van der Waals surface area (Å²) in [7, 11) is 0. The maximum Gasteiger partial charge on any atom is 0.363 e. The fourth-order valence-electron chi connectivity index (χ4n) is 2.12. The Kier molecular flexibility index (Phi) is 3.65. The Morgan fingerprint density at radius 2 is 1.76 bits per heavy atom. The predicted octanol–water partition coefficient (Wildman–Crippen LogP) is 3.59. The summed E-state index contributed by atoms with van der Waals surface area (Å²) in [5.41, 5.74) is 3.34. The molecular formula is C18H15NO2. The van der Waals surface area contributed by atoms with E-state index >= 15 is 0 Å². The monoisotopic (exact) mass is 277 g/mol. The first-order chi connectivity index (χ1) is 10.3. The molecule has 104 valence electrons. The SMILES string of the molecule is CCc1ccc(/C=C2\N=C(c3ccccc3)OC2=O)cc1. The number of cyclic esters (lactones) is 1. The molecule has 0 radical (unpaired) electrons. The summed E-state index contributed by atoms with van der Waals surface area (Å²) in [5, 5.41) is 0. The third-order valence-corrected chi connectivity index (χ3v) is 3.33. The maximum absolute atomic E-state index is 11.9. The Bertz CT molecular complexity index is 713. The first-order valence-electron chi connectivity index (χ1n) is 6.93. The van der Waals surface area contributed by atoms with Crippen molar-refractivity contribution in [3.63, 3.8) is 0 Å². The minimum Gasteiger partial charge on any atom is -0.402 e. The molecule has 1 aliphatic heterocycles. The molecule has 3 nitrogen and oxygen atoms in total. The van der Waals surface area contributed by atoms with E-state index in [2.05, 4.69) is 24.0 Å². The Labute approximate surface area is 123 Å². The van der Waals surface area contributed by atoms with E-state index in [1.807, 2.05) is 42.5 Å². The summed E-state index contributed by atoms with van der Waals surface area (Å²) < 4.78 is 5.22. The van der Waals surface area contributed by atoms with Gasteiger partial charge in [0.25, 0.3) is 0 Å². The van der Waals surface area contributed by atoms with E-state index in [9.17, 15) is 4.79 Å². The van der Waals surface area contributed by atoms with Crippen molar-refractivity contribution in [2.75, 3.05) is 0 Å². The smallest absolute Gasteiger partial charge is 0.363 e. The van der Waals surface area contributed by atoms with E-state index in [1.54, 1.807) is 6.08 Å². The van der Waals surface area contributed by atoms with Crippen molar-refractivity contribution in [2.45, 2.75) is 13.3 Å². The van der Waals surface area contributed by atoms with Gasteiger partial charge in [0.1, 0.15) is 0 Å². The number of hydrogen-bond donors (Lipinski definition) is 0. The molecular weight excluding hydrogens is 262 g/mol. The van der Waals surface area contributed by atoms with E-state index in [-0.39, 0.29) is 0 Å². The number of aryl methyl sites for hydroxylation is 1. The first kappa shape index (κ1) is 13.3. The average molecular weight is 277 g/mol. The lowest BCUT2D eigenvalue weighted by molar-refractivity contribution is -0.129. The Hall–Kier alpha value is -2.68. The van der Waals surface area contributed by atoms with Crippen molar-refractivity contribution in [1.82, 2.24) is 0 Å². The van der Waals surface area contributed by atoms with Gasteiger partial charge in [-0.3, -0.25) is 0 Å². The number of ether oxygens (including phenoxy) is 1. The highest BCUT2D eigenvalue weighted by Crippen LogP contribution is 2.19. The van der Waals surface area contributed by atoms with Crippen LogP contribution in [0.5, 0.6) is 0 Å². The van der Waals surface area contributed by atoms with Gasteiger partial charge >= 0.3 is 5.97 Å². The zero-order chi connectivity index (χ0) is 14.7. The van der Waals surface area contributed by atoms with Gasteiger partial charge in [0, 0.05) is 5.56 Å². The third-order valence-electron chi connectivity index (χ3n) is 3.33. The maximum atomic E-state index is 11.9. The quantitative estimate of drug-likeness (QED) is 0.635. The van der Waals surface area contributed by atoms with Crippen LogP contribution in [0.4, 0.5) is 0 Å². The van der Waals surface area contributed by atoms with Crippen LogP contribution in [-0.2, 0) is 16.0 Å². The van der Waals surface area contributed by atoms with E-state index in [0.29, 0.717) is 11.6 Å². The molecule has 2 aromatic rings. The second-order valence-electron chi connectivity index (χ2n) is 4.80. The standard InChI is InChI=1S/C18H15NO2/c1-2-13-8-10-14(11-9-13)12-16-18(20)21-17(19-16)15-6-4-3-5-7-15/h3-12H,2H2,1H3/b16-12-. The minimum atomic E-state index is -0.409. The summed E-state index contributed by atoms with van der Waals surface area (Å²) in [6.45, 7) is 2.11. The average Bonchev–Trinajstić information content (AvgIpc) is 2.90. The van der Waals surface area contributed by atoms with Crippen molar-refractivity contribution in [3.05, 3.63) is 77.0 Å².